The van der Waals surface area contributed by atoms with E-state index in [0.717, 1.165) is 17.0 Å². The van der Waals surface area contributed by atoms with Crippen LogP contribution >= 0.6 is 23.2 Å². The molecule has 0 spiro atoms. The topological polar surface area (TPSA) is 56.2 Å². The largest absolute Gasteiger partial charge is 0.497 e. The molecule has 0 aliphatic heterocycles. The van der Waals surface area contributed by atoms with Gasteiger partial charge in [0.2, 0.25) is 0 Å². The zero-order valence-corrected chi connectivity index (χ0v) is 17.5. The summed E-state index contributed by atoms with van der Waals surface area (Å²) < 4.78 is 6.90. The first-order chi connectivity index (χ1) is 14.5. The van der Waals surface area contributed by atoms with E-state index < -0.39 is 0 Å². The first-order valence-electron chi connectivity index (χ1n) is 9.11. The Bertz CT molecular complexity index is 1190. The molecule has 30 heavy (non-hydrogen) atoms. The first-order valence-corrected chi connectivity index (χ1v) is 9.86. The number of halogens is 2. The summed E-state index contributed by atoms with van der Waals surface area (Å²) in [6, 6.07) is 21.9. The van der Waals surface area contributed by atoms with E-state index in [1.807, 2.05) is 54.6 Å². The lowest BCUT2D eigenvalue weighted by atomic mass is 10.1. The van der Waals surface area contributed by atoms with Crippen molar-refractivity contribution in [2.24, 2.45) is 0 Å². The third-order valence-electron chi connectivity index (χ3n) is 4.52. The number of rotatable bonds is 5. The number of aromatic nitrogens is 2. The van der Waals surface area contributed by atoms with E-state index in [1.165, 1.54) is 0 Å². The zero-order chi connectivity index (χ0) is 21.1. The number of methoxy groups -OCH3 is 1. The number of ether oxygens (including phenoxy) is 1. The van der Waals surface area contributed by atoms with Crippen LogP contribution in [0.3, 0.4) is 0 Å². The van der Waals surface area contributed by atoms with Crippen LogP contribution in [0.2, 0.25) is 10.0 Å². The number of benzene rings is 3. The number of para-hydroxylation sites is 1. The SMILES string of the molecule is COc1ccc(-c2nn(-c3ccccc3)cc2C(=O)Nc2cc(Cl)ccc2Cl)cc1. The Morgan fingerprint density at radius 2 is 1.73 bits per heavy atom. The van der Waals surface area contributed by atoms with E-state index in [9.17, 15) is 4.79 Å². The maximum Gasteiger partial charge on any atom is 0.259 e. The number of nitrogens with one attached hydrogen (secondary N) is 1. The van der Waals surface area contributed by atoms with Gasteiger partial charge in [-0.25, -0.2) is 4.68 Å². The van der Waals surface area contributed by atoms with Crippen LogP contribution in [0.15, 0.2) is 79.0 Å². The fourth-order valence-corrected chi connectivity index (χ4v) is 3.34. The molecule has 0 saturated heterocycles. The average molecular weight is 438 g/mol. The van der Waals surface area contributed by atoms with Crippen LogP contribution in [0.5, 0.6) is 5.75 Å². The number of amides is 1. The third-order valence-corrected chi connectivity index (χ3v) is 5.08. The molecule has 0 aliphatic carbocycles. The van der Waals surface area contributed by atoms with Crippen molar-refractivity contribution >= 4 is 34.8 Å². The maximum atomic E-state index is 13.1. The second kappa shape index (κ2) is 8.61. The highest BCUT2D eigenvalue weighted by Crippen LogP contribution is 2.29. The molecular formula is C23H17Cl2N3O2. The molecule has 0 saturated carbocycles. The second-order valence-corrected chi connectivity index (χ2v) is 7.32. The minimum absolute atomic E-state index is 0.341. The highest BCUT2D eigenvalue weighted by Gasteiger charge is 2.20. The molecular weight excluding hydrogens is 421 g/mol. The molecule has 0 radical (unpaired) electrons. The molecule has 3 aromatic carbocycles. The van der Waals surface area contributed by atoms with Crippen LogP contribution in [-0.4, -0.2) is 22.8 Å². The molecule has 0 fully saturated rings. The van der Waals surface area contributed by atoms with Gasteiger partial charge in [-0.3, -0.25) is 4.79 Å². The van der Waals surface area contributed by atoms with Crippen molar-refractivity contribution < 1.29 is 9.53 Å². The van der Waals surface area contributed by atoms with Gasteiger partial charge in [0.1, 0.15) is 11.4 Å². The standard InChI is InChI=1S/C23H17Cl2N3O2/c1-30-18-10-7-15(8-11-18)22-19(14-28(27-22)17-5-3-2-4-6-17)23(29)26-21-13-16(24)9-12-20(21)25/h2-14H,1H3,(H,26,29). The fourth-order valence-electron chi connectivity index (χ4n) is 3.00. The molecule has 150 valence electrons. The quantitative estimate of drug-likeness (QED) is 0.409. The van der Waals surface area contributed by atoms with E-state index in [4.69, 9.17) is 27.9 Å². The Kier molecular flexibility index (Phi) is 5.74. The van der Waals surface area contributed by atoms with Gasteiger partial charge in [0.05, 0.1) is 29.1 Å². The van der Waals surface area contributed by atoms with Crippen LogP contribution in [-0.2, 0) is 0 Å². The van der Waals surface area contributed by atoms with E-state index in [-0.39, 0.29) is 5.91 Å². The van der Waals surface area contributed by atoms with E-state index in [0.29, 0.717) is 27.0 Å². The summed E-state index contributed by atoms with van der Waals surface area (Å²) in [7, 11) is 1.60. The van der Waals surface area contributed by atoms with Gasteiger partial charge < -0.3 is 10.1 Å². The average Bonchev–Trinajstić information content (AvgIpc) is 3.23. The zero-order valence-electron chi connectivity index (χ0n) is 16.0. The Morgan fingerprint density at radius 3 is 2.43 bits per heavy atom. The highest BCUT2D eigenvalue weighted by molar-refractivity contribution is 6.36. The Balaban J connectivity index is 1.77. The second-order valence-electron chi connectivity index (χ2n) is 6.48. The van der Waals surface area contributed by atoms with Gasteiger partial charge in [-0.05, 0) is 54.6 Å². The van der Waals surface area contributed by atoms with Gasteiger partial charge in [-0.2, -0.15) is 5.10 Å². The van der Waals surface area contributed by atoms with Crippen molar-refractivity contribution in [3.05, 3.63) is 94.6 Å². The molecule has 0 bridgehead atoms. The third kappa shape index (κ3) is 4.17. The van der Waals surface area contributed by atoms with Crippen LogP contribution in [0.1, 0.15) is 10.4 Å². The molecule has 5 nitrogen and oxygen atoms in total. The van der Waals surface area contributed by atoms with Gasteiger partial charge in [0.25, 0.3) is 5.91 Å². The van der Waals surface area contributed by atoms with Crippen molar-refractivity contribution in [1.29, 1.82) is 0 Å². The monoisotopic (exact) mass is 437 g/mol. The van der Waals surface area contributed by atoms with E-state index in [1.54, 1.807) is 36.2 Å². The van der Waals surface area contributed by atoms with Crippen molar-refractivity contribution in [3.8, 4) is 22.7 Å². The molecule has 1 amide bonds. The lowest BCUT2D eigenvalue weighted by Gasteiger charge is -2.08. The molecule has 1 aromatic heterocycles. The predicted octanol–water partition coefficient (Wildman–Crippen LogP) is 6.11. The van der Waals surface area contributed by atoms with Crippen molar-refractivity contribution in [2.45, 2.75) is 0 Å². The molecule has 0 atom stereocenters. The summed E-state index contributed by atoms with van der Waals surface area (Å²) in [4.78, 5) is 13.1. The van der Waals surface area contributed by atoms with Crippen LogP contribution in [0, 0.1) is 0 Å². The van der Waals surface area contributed by atoms with E-state index in [2.05, 4.69) is 10.4 Å². The Hall–Kier alpha value is -3.28. The minimum Gasteiger partial charge on any atom is -0.497 e. The summed E-state index contributed by atoms with van der Waals surface area (Å²) in [5, 5.41) is 8.37. The molecule has 0 unspecified atom stereocenters. The molecule has 4 rings (SSSR count). The van der Waals surface area contributed by atoms with Crippen molar-refractivity contribution in [1.82, 2.24) is 9.78 Å². The Morgan fingerprint density at radius 1 is 1.00 bits per heavy atom. The lowest BCUT2D eigenvalue weighted by Crippen LogP contribution is -2.12. The van der Waals surface area contributed by atoms with Gasteiger partial charge in [0.15, 0.2) is 0 Å². The molecule has 7 heteroatoms. The van der Waals surface area contributed by atoms with Gasteiger partial charge in [-0.15, -0.1) is 0 Å². The van der Waals surface area contributed by atoms with E-state index >= 15 is 0 Å². The molecule has 0 aliphatic rings. The summed E-state index contributed by atoms with van der Waals surface area (Å²) in [6.45, 7) is 0. The normalized spacial score (nSPS) is 10.6. The fraction of sp³-hybridized carbons (Fsp3) is 0.0435. The Labute approximate surface area is 183 Å². The summed E-state index contributed by atoms with van der Waals surface area (Å²) >= 11 is 12.3. The van der Waals surface area contributed by atoms with Crippen molar-refractivity contribution in [2.75, 3.05) is 12.4 Å². The molecule has 1 heterocycles. The van der Waals surface area contributed by atoms with Crippen LogP contribution < -0.4 is 10.1 Å². The maximum absolute atomic E-state index is 13.1. The van der Waals surface area contributed by atoms with Crippen LogP contribution in [0.25, 0.3) is 16.9 Å². The van der Waals surface area contributed by atoms with Crippen LogP contribution in [0.4, 0.5) is 5.69 Å². The molecule has 4 aromatic rings. The number of carbonyl (C=O) groups is 1. The lowest BCUT2D eigenvalue weighted by molar-refractivity contribution is 0.102. The minimum atomic E-state index is -0.341. The smallest absolute Gasteiger partial charge is 0.259 e. The molecule has 1 N–H and O–H groups in total. The number of carbonyl (C=O) groups excluding carboxylic acids is 1. The summed E-state index contributed by atoms with van der Waals surface area (Å²) in [5.41, 5.74) is 3.00. The van der Waals surface area contributed by atoms with Gasteiger partial charge in [0, 0.05) is 16.8 Å². The number of hydrogen-bond donors (Lipinski definition) is 1. The summed E-state index contributed by atoms with van der Waals surface area (Å²) in [5.74, 6) is 0.380. The number of hydrogen-bond acceptors (Lipinski definition) is 3. The first kappa shape index (κ1) is 20.0. The number of nitrogens with zero attached hydrogens (tertiary/aromatic N) is 2. The number of anilines is 1. The van der Waals surface area contributed by atoms with Gasteiger partial charge >= 0.3 is 0 Å². The van der Waals surface area contributed by atoms with Crippen molar-refractivity contribution in [3.63, 3.8) is 0 Å². The van der Waals surface area contributed by atoms with Gasteiger partial charge in [-0.1, -0.05) is 41.4 Å². The highest BCUT2D eigenvalue weighted by atomic mass is 35.5. The predicted molar refractivity (Wildman–Crippen MR) is 120 cm³/mol. The summed E-state index contributed by atoms with van der Waals surface area (Å²) in [6.07, 6.45) is 1.70.